The van der Waals surface area contributed by atoms with Crippen molar-refractivity contribution in [3.05, 3.63) is 29.6 Å². The summed E-state index contributed by atoms with van der Waals surface area (Å²) >= 11 is 1.94. The molecule has 1 aliphatic carbocycles. The molecular weight excluding hydrogens is 261 g/mol. The number of rotatable bonds is 5. The molecule has 0 aliphatic heterocycles. The summed E-state index contributed by atoms with van der Waals surface area (Å²) in [6.07, 6.45) is 7.29. The Balaban J connectivity index is 1.99. The minimum atomic E-state index is -0.398. The van der Waals surface area contributed by atoms with Crippen LogP contribution in [0.15, 0.2) is 18.2 Å². The molecule has 2 nitrogen and oxygen atoms in total. The van der Waals surface area contributed by atoms with Crippen LogP contribution in [0.3, 0.4) is 0 Å². The molecule has 0 spiro atoms. The van der Waals surface area contributed by atoms with Crippen LogP contribution in [0.4, 0.5) is 4.39 Å². The van der Waals surface area contributed by atoms with E-state index in [1.54, 1.807) is 6.07 Å². The summed E-state index contributed by atoms with van der Waals surface area (Å²) in [6, 6.07) is 4.26. The quantitative estimate of drug-likeness (QED) is 0.860. The van der Waals surface area contributed by atoms with Crippen molar-refractivity contribution in [2.75, 3.05) is 12.8 Å². The van der Waals surface area contributed by atoms with Gasteiger partial charge in [0.05, 0.1) is 0 Å². The van der Waals surface area contributed by atoms with Crippen LogP contribution in [0.1, 0.15) is 44.2 Å². The first-order valence-electron chi connectivity index (χ1n) is 6.83. The van der Waals surface area contributed by atoms with Gasteiger partial charge in [0.15, 0.2) is 0 Å². The Morgan fingerprint density at radius 1 is 1.42 bits per heavy atom. The topological polar surface area (TPSA) is 32.3 Å². The van der Waals surface area contributed by atoms with Crippen molar-refractivity contribution in [3.63, 3.8) is 0 Å². The minimum absolute atomic E-state index is 0.0321. The molecule has 2 rings (SSSR count). The van der Waals surface area contributed by atoms with Gasteiger partial charge in [-0.3, -0.25) is 0 Å². The molecule has 0 bridgehead atoms. The molecule has 1 aromatic rings. The number of halogens is 1. The molecule has 0 saturated heterocycles. The summed E-state index contributed by atoms with van der Waals surface area (Å²) in [6.45, 7) is 2.95. The second kappa shape index (κ2) is 6.14. The van der Waals surface area contributed by atoms with Gasteiger partial charge in [0.1, 0.15) is 11.6 Å². The maximum Gasteiger partial charge on any atom is 0.126 e. The van der Waals surface area contributed by atoms with Gasteiger partial charge in [-0.1, -0.05) is 18.9 Å². The Morgan fingerprint density at radius 3 is 2.68 bits per heavy atom. The average molecular weight is 283 g/mol. The number of phenolic OH excluding ortho intramolecular Hbond substituents is 1. The van der Waals surface area contributed by atoms with Gasteiger partial charge < -0.3 is 10.4 Å². The highest BCUT2D eigenvalue weighted by atomic mass is 32.2. The van der Waals surface area contributed by atoms with E-state index in [0.29, 0.717) is 4.75 Å². The van der Waals surface area contributed by atoms with Crippen molar-refractivity contribution < 1.29 is 9.50 Å². The molecule has 106 valence electrons. The van der Waals surface area contributed by atoms with Crippen molar-refractivity contribution >= 4 is 11.8 Å². The lowest BCUT2D eigenvalue weighted by molar-refractivity contribution is 0.436. The van der Waals surface area contributed by atoms with E-state index in [0.717, 1.165) is 12.1 Å². The van der Waals surface area contributed by atoms with Gasteiger partial charge in [0.2, 0.25) is 0 Å². The summed E-state index contributed by atoms with van der Waals surface area (Å²) in [5.41, 5.74) is 0.760. The molecule has 1 aliphatic rings. The van der Waals surface area contributed by atoms with E-state index < -0.39 is 5.82 Å². The number of nitrogens with one attached hydrogen (secondary N) is 1. The first-order valence-corrected chi connectivity index (χ1v) is 8.06. The third kappa shape index (κ3) is 3.42. The highest BCUT2D eigenvalue weighted by Crippen LogP contribution is 2.40. The van der Waals surface area contributed by atoms with Gasteiger partial charge in [0, 0.05) is 29.0 Å². The molecule has 1 saturated carbocycles. The van der Waals surface area contributed by atoms with E-state index in [2.05, 4.69) is 11.6 Å². The minimum Gasteiger partial charge on any atom is -0.508 e. The Morgan fingerprint density at radius 2 is 2.11 bits per heavy atom. The fraction of sp³-hybridized carbons (Fsp3) is 0.600. The maximum absolute atomic E-state index is 13.0. The van der Waals surface area contributed by atoms with E-state index in [4.69, 9.17) is 0 Å². The summed E-state index contributed by atoms with van der Waals surface area (Å²) in [5, 5.41) is 13.3. The fourth-order valence-corrected chi connectivity index (χ4v) is 3.73. The van der Waals surface area contributed by atoms with E-state index >= 15 is 0 Å². The lowest BCUT2D eigenvalue weighted by Gasteiger charge is -2.29. The third-order valence-electron chi connectivity index (χ3n) is 4.14. The second-order valence-corrected chi connectivity index (χ2v) is 6.67. The van der Waals surface area contributed by atoms with Crippen LogP contribution in [-0.4, -0.2) is 22.7 Å². The van der Waals surface area contributed by atoms with Crippen molar-refractivity contribution in [2.24, 2.45) is 0 Å². The van der Waals surface area contributed by atoms with Crippen molar-refractivity contribution in [3.8, 4) is 5.75 Å². The van der Waals surface area contributed by atoms with Gasteiger partial charge in [-0.2, -0.15) is 11.8 Å². The fourth-order valence-electron chi connectivity index (χ4n) is 2.80. The molecule has 1 fully saturated rings. The van der Waals surface area contributed by atoms with E-state index in [1.165, 1.54) is 37.8 Å². The maximum atomic E-state index is 13.0. The zero-order valence-electron chi connectivity index (χ0n) is 11.6. The summed E-state index contributed by atoms with van der Waals surface area (Å²) in [4.78, 5) is 0. The predicted octanol–water partition coefficient (Wildman–Crippen LogP) is 3.86. The van der Waals surface area contributed by atoms with Crippen LogP contribution in [-0.2, 0) is 0 Å². The normalized spacial score (nSPS) is 19.5. The second-order valence-electron chi connectivity index (χ2n) is 5.40. The first-order chi connectivity index (χ1) is 9.06. The van der Waals surface area contributed by atoms with Gasteiger partial charge in [-0.25, -0.2) is 4.39 Å². The number of hydrogen-bond donors (Lipinski definition) is 2. The molecule has 1 aromatic carbocycles. The predicted molar refractivity (Wildman–Crippen MR) is 79.2 cm³/mol. The molecule has 0 radical (unpaired) electrons. The van der Waals surface area contributed by atoms with Crippen LogP contribution in [0.25, 0.3) is 0 Å². The van der Waals surface area contributed by atoms with Crippen molar-refractivity contribution in [1.29, 1.82) is 0 Å². The highest BCUT2D eigenvalue weighted by Gasteiger charge is 2.33. The molecule has 0 heterocycles. The number of aromatic hydroxyl groups is 1. The molecule has 0 amide bonds. The molecule has 2 N–H and O–H groups in total. The third-order valence-corrected chi connectivity index (χ3v) is 5.56. The van der Waals surface area contributed by atoms with E-state index in [9.17, 15) is 9.50 Å². The number of hydrogen-bond acceptors (Lipinski definition) is 3. The average Bonchev–Trinajstić information content (AvgIpc) is 2.85. The van der Waals surface area contributed by atoms with Crippen molar-refractivity contribution in [2.45, 2.75) is 43.4 Å². The lowest BCUT2D eigenvalue weighted by Crippen LogP contribution is -2.36. The van der Waals surface area contributed by atoms with E-state index in [1.807, 2.05) is 18.7 Å². The van der Waals surface area contributed by atoms with Crippen LogP contribution in [0, 0.1) is 5.82 Å². The number of thioether (sulfide) groups is 1. The molecule has 0 aromatic heterocycles. The summed E-state index contributed by atoms with van der Waals surface area (Å²) in [5.74, 6) is -0.366. The summed E-state index contributed by atoms with van der Waals surface area (Å²) < 4.78 is 13.3. The van der Waals surface area contributed by atoms with Crippen molar-refractivity contribution in [1.82, 2.24) is 5.32 Å². The Kier molecular flexibility index (Phi) is 4.74. The molecule has 1 atom stereocenters. The summed E-state index contributed by atoms with van der Waals surface area (Å²) in [7, 11) is 0. The standard InChI is InChI=1S/C15H22FNOS/c1-11(13-6-5-12(16)9-14(13)18)17-10-15(19-2)7-3-4-8-15/h5-6,9,11,17-18H,3-4,7-8,10H2,1-2H3. The SMILES string of the molecule is CSC1(CNC(C)c2ccc(F)cc2O)CCCC1. The molecule has 4 heteroatoms. The van der Waals surface area contributed by atoms with Gasteiger partial charge in [-0.05, 0) is 32.1 Å². The molecule has 1 unspecified atom stereocenters. The Hall–Kier alpha value is -0.740. The monoisotopic (exact) mass is 283 g/mol. The smallest absolute Gasteiger partial charge is 0.126 e. The lowest BCUT2D eigenvalue weighted by atomic mass is 10.0. The van der Waals surface area contributed by atoms with Crippen LogP contribution >= 0.6 is 11.8 Å². The van der Waals surface area contributed by atoms with Crippen LogP contribution < -0.4 is 5.32 Å². The van der Waals surface area contributed by atoms with Gasteiger partial charge >= 0.3 is 0 Å². The van der Waals surface area contributed by atoms with Crippen LogP contribution in [0.2, 0.25) is 0 Å². The number of phenols is 1. The van der Waals surface area contributed by atoms with Crippen LogP contribution in [0.5, 0.6) is 5.75 Å². The zero-order valence-corrected chi connectivity index (χ0v) is 12.4. The largest absolute Gasteiger partial charge is 0.508 e. The Labute approximate surface area is 118 Å². The molecular formula is C15H22FNOS. The zero-order chi connectivity index (χ0) is 13.9. The van der Waals surface area contributed by atoms with Gasteiger partial charge in [0.25, 0.3) is 0 Å². The van der Waals surface area contributed by atoms with Gasteiger partial charge in [-0.15, -0.1) is 0 Å². The Bertz CT molecular complexity index is 432. The highest BCUT2D eigenvalue weighted by molar-refractivity contribution is 8.00. The number of benzene rings is 1. The van der Waals surface area contributed by atoms with E-state index in [-0.39, 0.29) is 11.8 Å². The molecule has 19 heavy (non-hydrogen) atoms. The first kappa shape index (κ1) is 14.7.